The van der Waals surface area contributed by atoms with Crippen LogP contribution < -0.4 is 19.6 Å². The summed E-state index contributed by atoms with van der Waals surface area (Å²) in [6, 6.07) is 17.1. The maximum absolute atomic E-state index is 12.7. The second kappa shape index (κ2) is 7.72. The molecule has 6 heteroatoms. The lowest BCUT2D eigenvalue weighted by atomic mass is 10.1. The lowest BCUT2D eigenvalue weighted by Gasteiger charge is -2.13. The molecule has 0 aliphatic rings. The smallest absolute Gasteiger partial charge is 0.206 e. The second-order valence-corrected chi connectivity index (χ2v) is 7.13. The van der Waals surface area contributed by atoms with Gasteiger partial charge >= 0.3 is 0 Å². The Hall–Kier alpha value is -3.93. The quantitative estimate of drug-likeness (QED) is 0.342. The van der Waals surface area contributed by atoms with Crippen LogP contribution in [0.2, 0.25) is 0 Å². The van der Waals surface area contributed by atoms with Gasteiger partial charge < -0.3 is 23.0 Å². The Kier molecular flexibility index (Phi) is 4.75. The lowest BCUT2D eigenvalue weighted by Crippen LogP contribution is -2.11. The van der Waals surface area contributed by atoms with Gasteiger partial charge in [-0.3, -0.25) is 4.79 Å². The van der Waals surface area contributed by atoms with E-state index in [-0.39, 0.29) is 12.0 Å². The Labute approximate surface area is 177 Å². The number of ether oxygens (including phenoxy) is 3. The highest BCUT2D eigenvalue weighted by Crippen LogP contribution is 2.42. The van der Waals surface area contributed by atoms with Crippen LogP contribution in [0.4, 0.5) is 0 Å². The molecular formula is C25H20O6. The number of benzene rings is 3. The molecule has 0 unspecified atom stereocenters. The van der Waals surface area contributed by atoms with Crippen molar-refractivity contribution in [3.8, 4) is 17.2 Å². The van der Waals surface area contributed by atoms with Gasteiger partial charge in [-0.2, -0.15) is 0 Å². The summed E-state index contributed by atoms with van der Waals surface area (Å²) in [5, 5.41) is 3.12. The van der Waals surface area contributed by atoms with Crippen LogP contribution in [0.25, 0.3) is 32.7 Å². The van der Waals surface area contributed by atoms with E-state index in [1.165, 1.54) is 19.4 Å². The molecule has 0 aliphatic heterocycles. The predicted octanol–water partition coefficient (Wildman–Crippen LogP) is 5.47. The molecule has 0 fully saturated rings. The first-order valence-electron chi connectivity index (χ1n) is 9.92. The molecule has 0 saturated carbocycles. The van der Waals surface area contributed by atoms with Gasteiger partial charge in [-0.15, -0.1) is 0 Å². The van der Waals surface area contributed by atoms with Crippen LogP contribution in [0.3, 0.4) is 0 Å². The van der Waals surface area contributed by atoms with Crippen LogP contribution in [0.15, 0.2) is 74.5 Å². The van der Waals surface area contributed by atoms with Crippen LogP contribution >= 0.6 is 0 Å². The van der Waals surface area contributed by atoms with Gasteiger partial charge in [-0.25, -0.2) is 0 Å². The summed E-state index contributed by atoms with van der Waals surface area (Å²) in [5.41, 5.74) is 0.563. The summed E-state index contributed by atoms with van der Waals surface area (Å²) in [6.07, 6.45) is 1.53. The number of hydrogen-bond acceptors (Lipinski definition) is 6. The molecule has 3 aromatic carbocycles. The SMILES string of the molecule is COc1c2ccoc2c(OCCOc2cccc3ccccc23)c2oc(C)cc(=O)c12. The van der Waals surface area contributed by atoms with Gasteiger partial charge in [0.1, 0.15) is 35.9 Å². The summed E-state index contributed by atoms with van der Waals surface area (Å²) in [7, 11) is 1.51. The van der Waals surface area contributed by atoms with E-state index in [0.29, 0.717) is 45.8 Å². The first-order chi connectivity index (χ1) is 15.2. The Balaban J connectivity index is 1.47. The zero-order chi connectivity index (χ0) is 21.4. The van der Waals surface area contributed by atoms with Crippen molar-refractivity contribution >= 4 is 32.7 Å². The average Bonchev–Trinajstić information content (AvgIpc) is 3.26. The van der Waals surface area contributed by atoms with E-state index in [9.17, 15) is 4.79 Å². The summed E-state index contributed by atoms with van der Waals surface area (Å²) in [6.45, 7) is 2.25. The summed E-state index contributed by atoms with van der Waals surface area (Å²) in [5.74, 6) is 2.03. The van der Waals surface area contributed by atoms with E-state index in [4.69, 9.17) is 23.0 Å². The van der Waals surface area contributed by atoms with Gasteiger partial charge in [0.2, 0.25) is 5.75 Å². The normalized spacial score (nSPS) is 11.3. The summed E-state index contributed by atoms with van der Waals surface area (Å²) >= 11 is 0. The Morgan fingerprint density at radius 1 is 0.871 bits per heavy atom. The third kappa shape index (κ3) is 3.26. The highest BCUT2D eigenvalue weighted by molar-refractivity contribution is 6.06. The van der Waals surface area contributed by atoms with Crippen molar-refractivity contribution in [2.75, 3.05) is 20.3 Å². The number of rotatable bonds is 6. The second-order valence-electron chi connectivity index (χ2n) is 7.13. The van der Waals surface area contributed by atoms with Crippen molar-refractivity contribution in [2.45, 2.75) is 6.92 Å². The standard InChI is InChI=1S/C25H20O6/c1-15-14-19(26)21-22(27-2)18-10-11-29-23(18)25(24(21)31-15)30-13-12-28-20-9-5-7-16-6-3-4-8-17(16)20/h3-11,14H,12-13H2,1-2H3. The Morgan fingerprint density at radius 3 is 2.55 bits per heavy atom. The van der Waals surface area contributed by atoms with Crippen LogP contribution in [0.1, 0.15) is 5.76 Å². The molecule has 0 saturated heterocycles. The van der Waals surface area contributed by atoms with Crippen molar-refractivity contribution in [3.05, 3.63) is 76.8 Å². The molecule has 31 heavy (non-hydrogen) atoms. The molecule has 2 heterocycles. The molecule has 5 rings (SSSR count). The molecule has 6 nitrogen and oxygen atoms in total. The van der Waals surface area contributed by atoms with Crippen LogP contribution in [0, 0.1) is 6.92 Å². The predicted molar refractivity (Wildman–Crippen MR) is 118 cm³/mol. The van der Waals surface area contributed by atoms with E-state index in [1.807, 2.05) is 42.5 Å². The number of aryl methyl sites for hydroxylation is 1. The third-order valence-electron chi connectivity index (χ3n) is 5.16. The van der Waals surface area contributed by atoms with Gasteiger partial charge in [0.05, 0.1) is 18.8 Å². The van der Waals surface area contributed by atoms with Crippen molar-refractivity contribution in [1.82, 2.24) is 0 Å². The van der Waals surface area contributed by atoms with Gasteiger partial charge in [0.15, 0.2) is 16.6 Å². The van der Waals surface area contributed by atoms with Crippen molar-refractivity contribution in [3.63, 3.8) is 0 Å². The fourth-order valence-electron chi connectivity index (χ4n) is 3.85. The first-order valence-corrected chi connectivity index (χ1v) is 9.92. The molecule has 0 spiro atoms. The fraction of sp³-hybridized carbons (Fsp3) is 0.160. The van der Waals surface area contributed by atoms with Crippen LogP contribution in [-0.2, 0) is 0 Å². The largest absolute Gasteiger partial charge is 0.495 e. The summed E-state index contributed by atoms with van der Waals surface area (Å²) < 4.78 is 29.0. The Bertz CT molecular complexity index is 1450. The summed E-state index contributed by atoms with van der Waals surface area (Å²) in [4.78, 5) is 12.7. The Morgan fingerprint density at radius 2 is 1.68 bits per heavy atom. The minimum Gasteiger partial charge on any atom is -0.495 e. The number of hydrogen-bond donors (Lipinski definition) is 0. The molecular weight excluding hydrogens is 396 g/mol. The molecule has 2 aromatic heterocycles. The monoisotopic (exact) mass is 416 g/mol. The topological polar surface area (TPSA) is 71.0 Å². The minimum atomic E-state index is -0.199. The zero-order valence-electron chi connectivity index (χ0n) is 17.1. The van der Waals surface area contributed by atoms with E-state index in [2.05, 4.69) is 0 Å². The maximum atomic E-state index is 12.7. The third-order valence-corrected chi connectivity index (χ3v) is 5.16. The molecule has 5 aromatic rings. The number of furan rings is 1. The van der Waals surface area contributed by atoms with Gasteiger partial charge in [-0.1, -0.05) is 36.4 Å². The van der Waals surface area contributed by atoms with Crippen molar-refractivity contribution < 1.29 is 23.0 Å². The maximum Gasteiger partial charge on any atom is 0.206 e. The first kappa shape index (κ1) is 19.1. The van der Waals surface area contributed by atoms with Crippen molar-refractivity contribution in [2.24, 2.45) is 0 Å². The van der Waals surface area contributed by atoms with Crippen LogP contribution in [0.5, 0.6) is 17.2 Å². The van der Waals surface area contributed by atoms with E-state index < -0.39 is 0 Å². The molecule has 0 atom stereocenters. The fourth-order valence-corrected chi connectivity index (χ4v) is 3.85. The van der Waals surface area contributed by atoms with Gasteiger partial charge in [0.25, 0.3) is 0 Å². The molecule has 0 bridgehead atoms. The minimum absolute atomic E-state index is 0.199. The highest BCUT2D eigenvalue weighted by atomic mass is 16.5. The highest BCUT2D eigenvalue weighted by Gasteiger charge is 2.22. The lowest BCUT2D eigenvalue weighted by molar-refractivity contribution is 0.218. The number of fused-ring (bicyclic) bond motifs is 3. The molecule has 0 aliphatic carbocycles. The van der Waals surface area contributed by atoms with Gasteiger partial charge in [0, 0.05) is 11.5 Å². The van der Waals surface area contributed by atoms with Crippen molar-refractivity contribution in [1.29, 1.82) is 0 Å². The van der Waals surface area contributed by atoms with Crippen LogP contribution in [-0.4, -0.2) is 20.3 Å². The molecule has 0 N–H and O–H groups in total. The average molecular weight is 416 g/mol. The molecule has 0 radical (unpaired) electrons. The van der Waals surface area contributed by atoms with E-state index >= 15 is 0 Å². The zero-order valence-corrected chi connectivity index (χ0v) is 17.1. The van der Waals surface area contributed by atoms with Gasteiger partial charge in [-0.05, 0) is 24.4 Å². The number of methoxy groups -OCH3 is 1. The van der Waals surface area contributed by atoms with E-state index in [1.54, 1.807) is 13.0 Å². The molecule has 0 amide bonds. The van der Waals surface area contributed by atoms with E-state index in [0.717, 1.165) is 16.5 Å². The molecule has 156 valence electrons.